The maximum Gasteiger partial charge on any atom is 0.338 e. The lowest BCUT2D eigenvalue weighted by molar-refractivity contribution is -0.119. The van der Waals surface area contributed by atoms with E-state index in [4.69, 9.17) is 14.2 Å². The molecule has 4 aromatic rings. The molecule has 1 heterocycles. The highest BCUT2D eigenvalue weighted by Gasteiger charge is 2.13. The predicted molar refractivity (Wildman–Crippen MR) is 120 cm³/mol. The summed E-state index contributed by atoms with van der Waals surface area (Å²) >= 11 is 0. The molecule has 0 aliphatic heterocycles. The van der Waals surface area contributed by atoms with Crippen molar-refractivity contribution in [2.24, 2.45) is 0 Å². The number of nitrogens with zero attached hydrogens (tertiary/aromatic N) is 1. The number of nitrogens with one attached hydrogen (secondary N) is 2. The summed E-state index contributed by atoms with van der Waals surface area (Å²) in [6.07, 6.45) is 0. The predicted octanol–water partition coefficient (Wildman–Crippen LogP) is 4.04. The van der Waals surface area contributed by atoms with Gasteiger partial charge in [-0.25, -0.2) is 9.78 Å². The van der Waals surface area contributed by atoms with Gasteiger partial charge in [-0.2, -0.15) is 0 Å². The average Bonchev–Trinajstić information content (AvgIpc) is 3.26. The van der Waals surface area contributed by atoms with Crippen molar-refractivity contribution in [1.82, 2.24) is 9.97 Å². The Balaban J connectivity index is 1.41. The molecule has 1 amide bonds. The van der Waals surface area contributed by atoms with Crippen LogP contribution >= 0.6 is 0 Å². The molecule has 3 aromatic carbocycles. The zero-order valence-electron chi connectivity index (χ0n) is 17.5. The lowest BCUT2D eigenvalue weighted by Gasteiger charge is -2.08. The van der Waals surface area contributed by atoms with Crippen molar-refractivity contribution in [3.8, 4) is 22.9 Å². The van der Waals surface area contributed by atoms with Gasteiger partial charge in [0.05, 0.1) is 30.8 Å². The third-order valence-corrected chi connectivity index (χ3v) is 4.77. The smallest absolute Gasteiger partial charge is 0.338 e. The summed E-state index contributed by atoms with van der Waals surface area (Å²) in [6, 6.07) is 19.4. The highest BCUT2D eigenvalue weighted by molar-refractivity contribution is 5.97. The van der Waals surface area contributed by atoms with Crippen LogP contribution in [-0.4, -0.2) is 42.7 Å². The number of esters is 1. The molecule has 2 N–H and O–H groups in total. The number of rotatable bonds is 7. The molecule has 8 nitrogen and oxygen atoms in total. The van der Waals surface area contributed by atoms with Crippen LogP contribution in [0, 0.1) is 0 Å². The molecule has 1 aromatic heterocycles. The van der Waals surface area contributed by atoms with Gasteiger partial charge in [-0.15, -0.1) is 0 Å². The van der Waals surface area contributed by atoms with E-state index < -0.39 is 18.5 Å². The maximum atomic E-state index is 12.4. The van der Waals surface area contributed by atoms with Gasteiger partial charge in [0.15, 0.2) is 6.61 Å². The monoisotopic (exact) mass is 431 g/mol. The number of aromatic amines is 1. The average molecular weight is 431 g/mol. The number of imidazole rings is 1. The summed E-state index contributed by atoms with van der Waals surface area (Å²) in [5.74, 6) is 0.988. The molecule has 4 rings (SSSR count). The lowest BCUT2D eigenvalue weighted by Crippen LogP contribution is -2.20. The largest absolute Gasteiger partial charge is 0.497 e. The number of fused-ring (bicyclic) bond motifs is 1. The lowest BCUT2D eigenvalue weighted by atomic mass is 10.2. The summed E-state index contributed by atoms with van der Waals surface area (Å²) in [7, 11) is 3.15. The highest BCUT2D eigenvalue weighted by atomic mass is 16.5. The summed E-state index contributed by atoms with van der Waals surface area (Å²) in [6.45, 7) is -0.409. The minimum absolute atomic E-state index is 0.316. The maximum absolute atomic E-state index is 12.4. The van der Waals surface area contributed by atoms with Crippen LogP contribution in [0.1, 0.15) is 10.4 Å². The fourth-order valence-corrected chi connectivity index (χ4v) is 3.13. The van der Waals surface area contributed by atoms with E-state index in [9.17, 15) is 9.59 Å². The van der Waals surface area contributed by atoms with Gasteiger partial charge in [-0.3, -0.25) is 4.79 Å². The molecule has 0 saturated heterocycles. The van der Waals surface area contributed by atoms with Gasteiger partial charge >= 0.3 is 5.97 Å². The number of carbonyl (C=O) groups is 2. The fraction of sp³-hybridized carbons (Fsp3) is 0.125. The molecule has 32 heavy (non-hydrogen) atoms. The van der Waals surface area contributed by atoms with Crippen molar-refractivity contribution >= 4 is 28.6 Å². The number of anilines is 1. The third kappa shape index (κ3) is 4.70. The van der Waals surface area contributed by atoms with E-state index >= 15 is 0 Å². The molecular weight excluding hydrogens is 410 g/mol. The van der Waals surface area contributed by atoms with Crippen LogP contribution in [0.5, 0.6) is 11.5 Å². The van der Waals surface area contributed by atoms with Crippen LogP contribution in [0.25, 0.3) is 22.4 Å². The van der Waals surface area contributed by atoms with Gasteiger partial charge in [-0.1, -0.05) is 6.07 Å². The van der Waals surface area contributed by atoms with Gasteiger partial charge < -0.3 is 24.5 Å². The molecule has 0 fully saturated rings. The van der Waals surface area contributed by atoms with Crippen molar-refractivity contribution in [2.45, 2.75) is 0 Å². The number of amides is 1. The molecule has 0 saturated carbocycles. The summed E-state index contributed by atoms with van der Waals surface area (Å²) in [4.78, 5) is 32.3. The Morgan fingerprint density at radius 2 is 1.72 bits per heavy atom. The molecule has 0 aliphatic carbocycles. The van der Waals surface area contributed by atoms with Gasteiger partial charge in [0, 0.05) is 17.3 Å². The quantitative estimate of drug-likeness (QED) is 0.428. The summed E-state index contributed by atoms with van der Waals surface area (Å²) in [5, 5.41) is 2.66. The van der Waals surface area contributed by atoms with Gasteiger partial charge in [0.1, 0.15) is 17.3 Å². The zero-order chi connectivity index (χ0) is 22.5. The number of hydrogen-bond acceptors (Lipinski definition) is 6. The van der Waals surface area contributed by atoms with E-state index in [1.165, 1.54) is 0 Å². The Kier molecular flexibility index (Phi) is 6.03. The van der Waals surface area contributed by atoms with Gasteiger partial charge in [0.2, 0.25) is 0 Å². The Hall–Kier alpha value is -4.33. The molecular formula is C24H21N3O5. The fourth-order valence-electron chi connectivity index (χ4n) is 3.13. The molecule has 162 valence electrons. The molecule has 0 spiro atoms. The summed E-state index contributed by atoms with van der Waals surface area (Å²) < 4.78 is 15.4. The van der Waals surface area contributed by atoms with Crippen LogP contribution in [0.4, 0.5) is 5.69 Å². The van der Waals surface area contributed by atoms with Crippen molar-refractivity contribution in [1.29, 1.82) is 0 Å². The van der Waals surface area contributed by atoms with Crippen LogP contribution < -0.4 is 14.8 Å². The minimum Gasteiger partial charge on any atom is -0.497 e. The van der Waals surface area contributed by atoms with Crippen molar-refractivity contribution in [3.63, 3.8) is 0 Å². The zero-order valence-corrected chi connectivity index (χ0v) is 17.5. The summed E-state index contributed by atoms with van der Waals surface area (Å²) in [5.41, 5.74) is 3.15. The first-order valence-corrected chi connectivity index (χ1v) is 9.81. The van der Waals surface area contributed by atoms with E-state index in [1.807, 2.05) is 24.3 Å². The Morgan fingerprint density at radius 1 is 0.938 bits per heavy atom. The number of carbonyl (C=O) groups excluding carboxylic acids is 2. The third-order valence-electron chi connectivity index (χ3n) is 4.77. The number of benzene rings is 3. The standard InChI is InChI=1S/C24H21N3O5/c1-30-18-9-6-15(7-10-18)23-26-20-11-8-16(12-21(20)27-23)24(29)32-14-22(28)25-17-4-3-5-19(13-17)31-2/h3-13H,14H2,1-2H3,(H,25,28)(H,26,27). The number of ether oxygens (including phenoxy) is 3. The van der Waals surface area contributed by atoms with E-state index in [0.717, 1.165) is 11.3 Å². The second-order valence-corrected chi connectivity index (χ2v) is 6.90. The molecule has 0 bridgehead atoms. The number of aromatic nitrogens is 2. The van der Waals surface area contributed by atoms with Crippen molar-refractivity contribution < 1.29 is 23.8 Å². The van der Waals surface area contributed by atoms with Gasteiger partial charge in [-0.05, 0) is 54.6 Å². The topological polar surface area (TPSA) is 103 Å². The van der Waals surface area contributed by atoms with Crippen molar-refractivity contribution in [3.05, 3.63) is 72.3 Å². The van der Waals surface area contributed by atoms with Crippen LogP contribution in [0.15, 0.2) is 66.7 Å². The first-order valence-electron chi connectivity index (χ1n) is 9.81. The molecule has 0 atom stereocenters. The van der Waals surface area contributed by atoms with E-state index in [0.29, 0.717) is 33.9 Å². The molecule has 0 aliphatic rings. The van der Waals surface area contributed by atoms with Crippen LogP contribution in [0.3, 0.4) is 0 Å². The first-order chi connectivity index (χ1) is 15.6. The number of hydrogen-bond donors (Lipinski definition) is 2. The molecule has 0 radical (unpaired) electrons. The SMILES string of the molecule is COc1ccc(-c2nc3ccc(C(=O)OCC(=O)Nc4cccc(OC)c4)cc3[nH]2)cc1. The van der Waals surface area contributed by atoms with E-state index in [1.54, 1.807) is 56.7 Å². The Bertz CT molecular complexity index is 1260. The van der Waals surface area contributed by atoms with Crippen molar-refractivity contribution in [2.75, 3.05) is 26.1 Å². The molecule has 0 unspecified atom stereocenters. The van der Waals surface area contributed by atoms with E-state index in [2.05, 4.69) is 15.3 Å². The normalized spacial score (nSPS) is 10.6. The number of H-pyrrole nitrogens is 1. The minimum atomic E-state index is -0.603. The second-order valence-electron chi connectivity index (χ2n) is 6.90. The van der Waals surface area contributed by atoms with Crippen LogP contribution in [-0.2, 0) is 9.53 Å². The second kappa shape index (κ2) is 9.22. The first kappa shape index (κ1) is 20.9. The number of methoxy groups -OCH3 is 2. The van der Waals surface area contributed by atoms with Crippen LogP contribution in [0.2, 0.25) is 0 Å². The van der Waals surface area contributed by atoms with Gasteiger partial charge in [0.25, 0.3) is 5.91 Å². The molecule has 8 heteroatoms. The van der Waals surface area contributed by atoms with E-state index in [-0.39, 0.29) is 0 Å². The Morgan fingerprint density at radius 3 is 2.47 bits per heavy atom. The highest BCUT2D eigenvalue weighted by Crippen LogP contribution is 2.23. The Labute approximate surface area is 184 Å².